The molecule has 0 spiro atoms. The maximum absolute atomic E-state index is 12.7. The van der Waals surface area contributed by atoms with Gasteiger partial charge in [0, 0.05) is 30.7 Å². The van der Waals surface area contributed by atoms with Gasteiger partial charge in [0.15, 0.2) is 5.75 Å². The highest BCUT2D eigenvalue weighted by Crippen LogP contribution is 2.32. The second-order valence-electron chi connectivity index (χ2n) is 6.08. The van der Waals surface area contributed by atoms with Crippen LogP contribution in [-0.2, 0) is 21.3 Å². The lowest BCUT2D eigenvalue weighted by molar-refractivity contribution is -0.116. The normalized spacial score (nSPS) is 13.7. The van der Waals surface area contributed by atoms with Crippen LogP contribution >= 0.6 is 0 Å². The molecule has 0 atom stereocenters. The SMILES string of the molecule is CC(=O)N1CCc2cc(S(=O)(=O)Oc3cccc4cccnc34)ccc21. The Bertz CT molecular complexity index is 1120. The first kappa shape index (κ1) is 16.5. The quantitative estimate of drug-likeness (QED) is 0.665. The summed E-state index contributed by atoms with van der Waals surface area (Å²) in [5, 5.41) is 0.797. The number of fused-ring (bicyclic) bond motifs is 2. The van der Waals surface area contributed by atoms with Crippen LogP contribution in [-0.4, -0.2) is 25.9 Å². The highest BCUT2D eigenvalue weighted by Gasteiger charge is 2.26. The number of rotatable bonds is 3. The molecule has 1 aromatic heterocycles. The number of hydrogen-bond donors (Lipinski definition) is 0. The van der Waals surface area contributed by atoms with Crippen molar-refractivity contribution in [3.05, 3.63) is 60.3 Å². The van der Waals surface area contributed by atoms with Crippen LogP contribution in [0.1, 0.15) is 12.5 Å². The third-order valence-corrected chi connectivity index (χ3v) is 5.64. The van der Waals surface area contributed by atoms with Crippen LogP contribution in [0.15, 0.2) is 59.6 Å². The Hall–Kier alpha value is -2.93. The fourth-order valence-electron chi connectivity index (χ4n) is 3.17. The molecule has 0 fully saturated rings. The van der Waals surface area contributed by atoms with E-state index in [0.29, 0.717) is 18.5 Å². The highest BCUT2D eigenvalue weighted by molar-refractivity contribution is 7.87. The van der Waals surface area contributed by atoms with Crippen LogP contribution in [0.4, 0.5) is 5.69 Å². The lowest BCUT2D eigenvalue weighted by Gasteiger charge is -2.15. The average molecular weight is 368 g/mol. The first-order valence-corrected chi connectivity index (χ1v) is 9.56. The maximum Gasteiger partial charge on any atom is 0.339 e. The van der Waals surface area contributed by atoms with Crippen molar-refractivity contribution in [2.24, 2.45) is 0 Å². The van der Waals surface area contributed by atoms with Crippen LogP contribution in [0.25, 0.3) is 10.9 Å². The van der Waals surface area contributed by atoms with Crippen molar-refractivity contribution >= 4 is 32.6 Å². The maximum atomic E-state index is 12.7. The molecule has 0 radical (unpaired) electrons. The van der Waals surface area contributed by atoms with Gasteiger partial charge in [-0.3, -0.25) is 9.78 Å². The predicted octanol–water partition coefficient (Wildman–Crippen LogP) is 2.91. The number of carbonyl (C=O) groups is 1. The van der Waals surface area contributed by atoms with Gasteiger partial charge in [0.25, 0.3) is 0 Å². The van der Waals surface area contributed by atoms with E-state index in [4.69, 9.17) is 4.18 Å². The Balaban J connectivity index is 1.70. The number of para-hydroxylation sites is 1. The third-order valence-electron chi connectivity index (χ3n) is 4.41. The van der Waals surface area contributed by atoms with Gasteiger partial charge in [-0.1, -0.05) is 18.2 Å². The minimum absolute atomic E-state index is 0.0579. The molecule has 2 aromatic carbocycles. The number of nitrogens with zero attached hydrogens (tertiary/aromatic N) is 2. The molecule has 26 heavy (non-hydrogen) atoms. The molecule has 132 valence electrons. The smallest absolute Gasteiger partial charge is 0.339 e. The Labute approximate surface area is 151 Å². The van der Waals surface area contributed by atoms with Gasteiger partial charge < -0.3 is 9.08 Å². The lowest BCUT2D eigenvalue weighted by atomic mass is 10.2. The summed E-state index contributed by atoms with van der Waals surface area (Å²) in [5.74, 6) is 0.131. The molecular weight excluding hydrogens is 352 g/mol. The molecule has 0 unspecified atom stereocenters. The van der Waals surface area contributed by atoms with Crippen molar-refractivity contribution in [1.29, 1.82) is 0 Å². The van der Waals surface area contributed by atoms with Gasteiger partial charge in [-0.15, -0.1) is 0 Å². The van der Waals surface area contributed by atoms with Gasteiger partial charge in [0.05, 0.1) is 0 Å². The molecule has 4 rings (SSSR count). The number of pyridine rings is 1. The summed E-state index contributed by atoms with van der Waals surface area (Å²) < 4.78 is 30.8. The zero-order valence-electron chi connectivity index (χ0n) is 14.0. The topological polar surface area (TPSA) is 76.6 Å². The lowest BCUT2D eigenvalue weighted by Crippen LogP contribution is -2.25. The molecule has 6 nitrogen and oxygen atoms in total. The minimum Gasteiger partial charge on any atom is -0.377 e. The second kappa shape index (κ2) is 6.10. The zero-order valence-corrected chi connectivity index (χ0v) is 14.9. The van der Waals surface area contributed by atoms with E-state index in [-0.39, 0.29) is 16.6 Å². The molecule has 3 aromatic rings. The summed E-state index contributed by atoms with van der Waals surface area (Å²) in [5.41, 5.74) is 2.06. The first-order chi connectivity index (χ1) is 12.5. The molecular formula is C19H16N2O4S. The molecule has 1 aliphatic rings. The number of aromatic nitrogens is 1. The summed E-state index contributed by atoms with van der Waals surface area (Å²) >= 11 is 0. The van der Waals surface area contributed by atoms with E-state index in [2.05, 4.69) is 4.98 Å². The Kier molecular flexibility index (Phi) is 3.88. The van der Waals surface area contributed by atoms with Gasteiger partial charge in [-0.25, -0.2) is 0 Å². The average Bonchev–Trinajstić information content (AvgIpc) is 3.05. The molecule has 0 bridgehead atoms. The van der Waals surface area contributed by atoms with Crippen molar-refractivity contribution in [1.82, 2.24) is 4.98 Å². The van der Waals surface area contributed by atoms with Crippen LogP contribution in [0.2, 0.25) is 0 Å². The van der Waals surface area contributed by atoms with Crippen molar-refractivity contribution in [3.8, 4) is 5.75 Å². The van der Waals surface area contributed by atoms with Crippen molar-refractivity contribution in [3.63, 3.8) is 0 Å². The second-order valence-corrected chi connectivity index (χ2v) is 7.63. The largest absolute Gasteiger partial charge is 0.377 e. The third kappa shape index (κ3) is 2.80. The Morgan fingerprint density at radius 3 is 2.77 bits per heavy atom. The van der Waals surface area contributed by atoms with Crippen LogP contribution in [0.5, 0.6) is 5.75 Å². The molecule has 7 heteroatoms. The van der Waals surface area contributed by atoms with E-state index in [1.807, 2.05) is 12.1 Å². The molecule has 1 amide bonds. The van der Waals surface area contributed by atoms with E-state index in [9.17, 15) is 13.2 Å². The predicted molar refractivity (Wildman–Crippen MR) is 97.7 cm³/mol. The van der Waals surface area contributed by atoms with Gasteiger partial charge in [0.2, 0.25) is 5.91 Å². The molecule has 0 saturated carbocycles. The Morgan fingerprint density at radius 2 is 1.96 bits per heavy atom. The molecule has 1 aliphatic heterocycles. The zero-order chi connectivity index (χ0) is 18.3. The summed E-state index contributed by atoms with van der Waals surface area (Å²) in [6.45, 7) is 2.05. The number of anilines is 1. The van der Waals surface area contributed by atoms with Crippen LogP contribution in [0.3, 0.4) is 0 Å². The van der Waals surface area contributed by atoms with Crippen molar-refractivity contribution in [2.45, 2.75) is 18.2 Å². The van der Waals surface area contributed by atoms with Crippen LogP contribution in [0, 0.1) is 0 Å². The fourth-order valence-corrected chi connectivity index (χ4v) is 4.16. The number of carbonyl (C=O) groups excluding carboxylic acids is 1. The molecule has 2 heterocycles. The number of hydrogen-bond acceptors (Lipinski definition) is 5. The van der Waals surface area contributed by atoms with Crippen LogP contribution < -0.4 is 9.08 Å². The standard InChI is InChI=1S/C19H16N2O4S/c1-13(22)21-11-9-15-12-16(7-8-17(15)21)26(23,24)25-18-6-2-4-14-5-3-10-20-19(14)18/h2-8,10,12H,9,11H2,1H3. The van der Waals surface area contributed by atoms with Gasteiger partial charge in [-0.05, 0) is 42.3 Å². The van der Waals surface area contributed by atoms with Gasteiger partial charge in [0.1, 0.15) is 10.4 Å². The molecule has 0 saturated heterocycles. The fraction of sp³-hybridized carbons (Fsp3) is 0.158. The highest BCUT2D eigenvalue weighted by atomic mass is 32.2. The summed E-state index contributed by atoms with van der Waals surface area (Å²) in [7, 11) is -4.01. The molecule has 0 N–H and O–H groups in total. The van der Waals surface area contributed by atoms with E-state index in [1.54, 1.807) is 41.4 Å². The minimum atomic E-state index is -4.01. The monoisotopic (exact) mass is 368 g/mol. The van der Waals surface area contributed by atoms with Crippen molar-refractivity contribution in [2.75, 3.05) is 11.4 Å². The number of benzene rings is 2. The van der Waals surface area contributed by atoms with E-state index in [0.717, 1.165) is 16.6 Å². The summed E-state index contributed by atoms with van der Waals surface area (Å²) in [6.07, 6.45) is 2.21. The van der Waals surface area contributed by atoms with Gasteiger partial charge in [-0.2, -0.15) is 8.42 Å². The summed E-state index contributed by atoms with van der Waals surface area (Å²) in [6, 6.07) is 13.5. The van der Waals surface area contributed by atoms with Gasteiger partial charge >= 0.3 is 10.1 Å². The molecule has 0 aliphatic carbocycles. The Morgan fingerprint density at radius 1 is 1.15 bits per heavy atom. The van der Waals surface area contributed by atoms with Crippen molar-refractivity contribution < 1.29 is 17.4 Å². The van der Waals surface area contributed by atoms with E-state index in [1.165, 1.54) is 13.0 Å². The van der Waals surface area contributed by atoms with E-state index < -0.39 is 10.1 Å². The summed E-state index contributed by atoms with van der Waals surface area (Å²) in [4.78, 5) is 17.5. The number of amides is 1. The van der Waals surface area contributed by atoms with E-state index >= 15 is 0 Å². The first-order valence-electron chi connectivity index (χ1n) is 8.15.